The summed E-state index contributed by atoms with van der Waals surface area (Å²) in [5.41, 5.74) is 15.0. The van der Waals surface area contributed by atoms with Crippen LogP contribution in [0.5, 0.6) is 0 Å². The molecule has 0 bridgehead atoms. The van der Waals surface area contributed by atoms with Crippen molar-refractivity contribution < 1.29 is 0 Å². The van der Waals surface area contributed by atoms with Gasteiger partial charge in [-0.2, -0.15) is 0 Å². The van der Waals surface area contributed by atoms with E-state index >= 15 is 0 Å². The Hall–Kier alpha value is -4.46. The summed E-state index contributed by atoms with van der Waals surface area (Å²) < 4.78 is 1.46. The van der Waals surface area contributed by atoms with Crippen molar-refractivity contribution in [2.75, 3.05) is 0 Å². The molecule has 7 aromatic rings. The van der Waals surface area contributed by atoms with Crippen molar-refractivity contribution >= 4 is 32.2 Å². The third-order valence-electron chi connectivity index (χ3n) is 10.3. The first-order valence-corrected chi connectivity index (χ1v) is 16.8. The first-order valence-electron chi connectivity index (χ1n) is 16.0. The summed E-state index contributed by atoms with van der Waals surface area (Å²) in [5, 5.41) is 4.15. The van der Waals surface area contributed by atoms with E-state index in [4.69, 9.17) is 0 Å². The van der Waals surface area contributed by atoms with Crippen LogP contribution in [0.15, 0.2) is 121 Å². The second kappa shape index (κ2) is 9.78. The van der Waals surface area contributed by atoms with Gasteiger partial charge in [0.15, 0.2) is 0 Å². The van der Waals surface area contributed by atoms with E-state index < -0.39 is 0 Å². The lowest BCUT2D eigenvalue weighted by Crippen LogP contribution is -2.15. The molecule has 0 radical (unpaired) electrons. The highest BCUT2D eigenvalue weighted by Gasteiger charge is 2.37. The number of hydrogen-bond donors (Lipinski definition) is 0. The summed E-state index contributed by atoms with van der Waals surface area (Å²) in [6, 6.07) is 45.6. The first kappa shape index (κ1) is 26.0. The van der Waals surface area contributed by atoms with E-state index in [1.165, 1.54) is 102 Å². The number of rotatable bonds is 3. The first-order chi connectivity index (χ1) is 21.6. The summed E-state index contributed by atoms with van der Waals surface area (Å²) in [5.74, 6) is 0. The molecular formula is C43H34S. The molecule has 0 atom stereocenters. The summed E-state index contributed by atoms with van der Waals surface area (Å²) in [6.07, 6.45) is 5.14. The number of benzene rings is 6. The molecular weight excluding hydrogens is 549 g/mol. The van der Waals surface area contributed by atoms with Gasteiger partial charge in [0.05, 0.1) is 0 Å². The van der Waals surface area contributed by atoms with Gasteiger partial charge in [0.25, 0.3) is 0 Å². The molecule has 0 nitrogen and oxygen atoms in total. The Balaban J connectivity index is 1.13. The summed E-state index contributed by atoms with van der Waals surface area (Å²) in [7, 11) is 0. The molecule has 0 N–H and O–H groups in total. The number of hydrogen-bond acceptors (Lipinski definition) is 1. The molecule has 6 aromatic carbocycles. The predicted octanol–water partition coefficient (Wildman–Crippen LogP) is 12.2. The van der Waals surface area contributed by atoms with Gasteiger partial charge < -0.3 is 0 Å². The highest BCUT2D eigenvalue weighted by atomic mass is 32.1. The lowest BCUT2D eigenvalue weighted by molar-refractivity contribution is 0.661. The molecule has 2 aliphatic carbocycles. The monoisotopic (exact) mass is 582 g/mol. The van der Waals surface area contributed by atoms with Crippen LogP contribution in [0.2, 0.25) is 0 Å². The summed E-state index contributed by atoms with van der Waals surface area (Å²) in [4.78, 5) is 1.61. The topological polar surface area (TPSA) is 0 Å². The quantitative estimate of drug-likeness (QED) is 0.194. The van der Waals surface area contributed by atoms with E-state index in [0.717, 1.165) is 0 Å². The lowest BCUT2D eigenvalue weighted by atomic mass is 9.80. The van der Waals surface area contributed by atoms with Crippen LogP contribution in [0.3, 0.4) is 0 Å². The number of aryl methyl sites for hydroxylation is 2. The van der Waals surface area contributed by atoms with Crippen molar-refractivity contribution in [3.05, 3.63) is 143 Å². The Bertz CT molecular complexity index is 2230. The fourth-order valence-corrected chi connectivity index (χ4v) is 9.40. The molecule has 0 fully saturated rings. The highest BCUT2D eigenvalue weighted by molar-refractivity contribution is 7.19. The average Bonchev–Trinajstić information content (AvgIpc) is 3.57. The van der Waals surface area contributed by atoms with Crippen molar-refractivity contribution in [1.82, 2.24) is 0 Å². The predicted molar refractivity (Wildman–Crippen MR) is 190 cm³/mol. The Morgan fingerprint density at radius 3 is 2.02 bits per heavy atom. The Kier molecular flexibility index (Phi) is 5.77. The van der Waals surface area contributed by atoms with Crippen LogP contribution in [0.1, 0.15) is 48.3 Å². The zero-order valence-corrected chi connectivity index (χ0v) is 26.1. The van der Waals surface area contributed by atoms with Crippen LogP contribution in [-0.4, -0.2) is 0 Å². The fraction of sp³-hybridized carbons (Fsp3) is 0.163. The number of thiophene rings is 1. The van der Waals surface area contributed by atoms with Gasteiger partial charge in [0.2, 0.25) is 0 Å². The molecule has 0 saturated heterocycles. The fourth-order valence-electron chi connectivity index (χ4n) is 7.97. The Morgan fingerprint density at radius 2 is 1.18 bits per heavy atom. The van der Waals surface area contributed by atoms with Crippen molar-refractivity contribution in [1.29, 1.82) is 0 Å². The SMILES string of the molecule is CC1(C)c2cc(-c3ccc(-c4cccc5c6c(sc45)CCCC6)cc3)ccc2-c2c1cc(-c1ccccc1)c1ccccc21. The van der Waals surface area contributed by atoms with Crippen molar-refractivity contribution in [2.24, 2.45) is 0 Å². The molecule has 0 aliphatic heterocycles. The molecule has 0 amide bonds. The van der Waals surface area contributed by atoms with Crippen molar-refractivity contribution in [3.63, 3.8) is 0 Å². The van der Waals surface area contributed by atoms with Crippen molar-refractivity contribution in [2.45, 2.75) is 44.9 Å². The van der Waals surface area contributed by atoms with Crippen LogP contribution in [0.4, 0.5) is 0 Å². The maximum absolute atomic E-state index is 2.46. The smallest absolute Gasteiger partial charge is 0.0426 e. The van der Waals surface area contributed by atoms with E-state index in [9.17, 15) is 0 Å². The zero-order valence-electron chi connectivity index (χ0n) is 25.3. The highest BCUT2D eigenvalue weighted by Crippen LogP contribution is 2.54. The van der Waals surface area contributed by atoms with Crippen LogP contribution in [0.25, 0.3) is 65.4 Å². The van der Waals surface area contributed by atoms with Gasteiger partial charge in [-0.05, 0) is 115 Å². The van der Waals surface area contributed by atoms with E-state index in [2.05, 4.69) is 135 Å². The maximum Gasteiger partial charge on any atom is 0.0426 e. The van der Waals surface area contributed by atoms with Gasteiger partial charge in [-0.15, -0.1) is 11.3 Å². The molecule has 2 aliphatic rings. The van der Waals surface area contributed by atoms with Gasteiger partial charge in [-0.1, -0.05) is 123 Å². The Labute approximate surface area is 263 Å². The van der Waals surface area contributed by atoms with Gasteiger partial charge >= 0.3 is 0 Å². The van der Waals surface area contributed by atoms with E-state index in [-0.39, 0.29) is 5.41 Å². The van der Waals surface area contributed by atoms with E-state index in [1.807, 2.05) is 11.3 Å². The van der Waals surface area contributed by atoms with Crippen LogP contribution in [-0.2, 0) is 18.3 Å². The molecule has 0 spiro atoms. The minimum Gasteiger partial charge on any atom is -0.139 e. The largest absolute Gasteiger partial charge is 0.139 e. The van der Waals surface area contributed by atoms with Gasteiger partial charge in [0.1, 0.15) is 0 Å². The molecule has 0 unspecified atom stereocenters. The van der Waals surface area contributed by atoms with Gasteiger partial charge in [0, 0.05) is 15.0 Å². The number of fused-ring (bicyclic) bond motifs is 8. The molecule has 1 heteroatoms. The molecule has 44 heavy (non-hydrogen) atoms. The van der Waals surface area contributed by atoms with Crippen LogP contribution >= 0.6 is 11.3 Å². The molecule has 1 aromatic heterocycles. The molecule has 212 valence electrons. The second-order valence-corrected chi connectivity index (χ2v) is 14.2. The van der Waals surface area contributed by atoms with Gasteiger partial charge in [-0.25, -0.2) is 0 Å². The molecule has 1 heterocycles. The minimum atomic E-state index is -0.0951. The van der Waals surface area contributed by atoms with Crippen LogP contribution in [0, 0.1) is 0 Å². The zero-order chi connectivity index (χ0) is 29.4. The second-order valence-electron chi connectivity index (χ2n) is 13.1. The third kappa shape index (κ3) is 3.82. The average molecular weight is 583 g/mol. The van der Waals surface area contributed by atoms with E-state index in [0.29, 0.717) is 0 Å². The third-order valence-corrected chi connectivity index (χ3v) is 11.6. The van der Waals surface area contributed by atoms with Gasteiger partial charge in [-0.3, -0.25) is 0 Å². The van der Waals surface area contributed by atoms with E-state index in [1.54, 1.807) is 10.4 Å². The molecule has 9 rings (SSSR count). The lowest BCUT2D eigenvalue weighted by Gasteiger charge is -2.23. The Morgan fingerprint density at radius 1 is 0.500 bits per heavy atom. The standard InChI is InChI=1S/C43H34S/c1-43(2)38-25-30(27-19-21-29(22-20-27)31-16-10-17-35-33-14-8-9-18-40(33)44-42(31)35)23-24-36(38)41-34-15-7-6-13-32(34)37(26-39(41)43)28-11-4-3-5-12-28/h3-7,10-13,15-17,19-26H,8-9,14,18H2,1-2H3. The summed E-state index contributed by atoms with van der Waals surface area (Å²) in [6.45, 7) is 4.80. The molecule has 0 saturated carbocycles. The minimum absolute atomic E-state index is 0.0951. The normalized spacial score (nSPS) is 14.9. The maximum atomic E-state index is 2.46. The van der Waals surface area contributed by atoms with Crippen molar-refractivity contribution in [3.8, 4) is 44.5 Å². The summed E-state index contributed by atoms with van der Waals surface area (Å²) >= 11 is 2.03. The van der Waals surface area contributed by atoms with Crippen LogP contribution < -0.4 is 0 Å².